The summed E-state index contributed by atoms with van der Waals surface area (Å²) in [4.78, 5) is 7.86. The van der Waals surface area contributed by atoms with Crippen LogP contribution < -0.4 is 0 Å². The molecule has 1 aliphatic carbocycles. The topological polar surface area (TPSA) is 12.9 Å². The standard InChI is InChI=1S/C55H37NS/c1-36-24-25-42(52-35-43(37-14-4-2-5-15-37)34-51(56-52)40-16-6-3-7-17-40)32-46(36)39-28-26-38(27-29-39)41-30-31-54-50(33-41)55(49-22-12-13-23-53(49)57-54)47-20-10-8-18-44(47)45-19-9-11-21-48(45)55/h2-35H,1H3. The van der Waals surface area contributed by atoms with Gasteiger partial charge in [0, 0.05) is 20.9 Å². The van der Waals surface area contributed by atoms with Gasteiger partial charge < -0.3 is 0 Å². The van der Waals surface area contributed by atoms with Crippen molar-refractivity contribution >= 4 is 11.8 Å². The molecule has 268 valence electrons. The molecule has 11 rings (SSSR count). The van der Waals surface area contributed by atoms with Crippen LogP contribution in [-0.2, 0) is 5.41 Å². The lowest BCUT2D eigenvalue weighted by Crippen LogP contribution is -2.32. The predicted octanol–water partition coefficient (Wildman–Crippen LogP) is 14.6. The SMILES string of the molecule is Cc1ccc(-c2cc(-c3ccccc3)cc(-c3ccccc3)n2)cc1-c1ccc(-c2ccc3c(c2)C2(c4ccccc4S3)c3ccccc3-c3ccccc32)cc1. The quantitative estimate of drug-likeness (QED) is 0.174. The van der Waals surface area contributed by atoms with Crippen LogP contribution in [0.25, 0.3) is 67.0 Å². The molecule has 0 saturated carbocycles. The first-order chi connectivity index (χ1) is 28.1. The van der Waals surface area contributed by atoms with Crippen LogP contribution in [0.3, 0.4) is 0 Å². The van der Waals surface area contributed by atoms with Gasteiger partial charge >= 0.3 is 0 Å². The Balaban J connectivity index is 0.997. The maximum atomic E-state index is 5.22. The van der Waals surface area contributed by atoms with Gasteiger partial charge in [-0.3, -0.25) is 0 Å². The molecule has 1 aliphatic heterocycles. The van der Waals surface area contributed by atoms with Gasteiger partial charge in [-0.1, -0.05) is 182 Å². The van der Waals surface area contributed by atoms with E-state index in [2.05, 4.69) is 213 Å². The Hall–Kier alpha value is -6.74. The van der Waals surface area contributed by atoms with Crippen molar-refractivity contribution in [2.75, 3.05) is 0 Å². The van der Waals surface area contributed by atoms with Gasteiger partial charge in [0.05, 0.1) is 16.8 Å². The molecule has 1 nitrogen and oxygen atoms in total. The molecule has 0 N–H and O–H groups in total. The third-order valence-electron chi connectivity index (χ3n) is 11.9. The van der Waals surface area contributed by atoms with E-state index in [0.29, 0.717) is 0 Å². The number of aromatic nitrogens is 1. The van der Waals surface area contributed by atoms with Gasteiger partial charge in [-0.2, -0.15) is 0 Å². The molecule has 0 bridgehead atoms. The van der Waals surface area contributed by atoms with Crippen molar-refractivity contribution in [1.29, 1.82) is 0 Å². The summed E-state index contributed by atoms with van der Waals surface area (Å²) < 4.78 is 0. The van der Waals surface area contributed by atoms with Crippen LogP contribution in [0.5, 0.6) is 0 Å². The van der Waals surface area contributed by atoms with E-state index in [9.17, 15) is 0 Å². The minimum absolute atomic E-state index is 0.385. The molecule has 0 unspecified atom stereocenters. The third kappa shape index (κ3) is 5.44. The summed E-state index contributed by atoms with van der Waals surface area (Å²) in [5.41, 5.74) is 20.3. The van der Waals surface area contributed by atoms with Crippen molar-refractivity contribution < 1.29 is 0 Å². The van der Waals surface area contributed by atoms with E-state index >= 15 is 0 Å². The van der Waals surface area contributed by atoms with Gasteiger partial charge in [0.1, 0.15) is 0 Å². The average Bonchev–Trinajstić information content (AvgIpc) is 3.57. The summed E-state index contributed by atoms with van der Waals surface area (Å²) >= 11 is 1.89. The Bertz CT molecular complexity index is 2880. The van der Waals surface area contributed by atoms with Gasteiger partial charge in [-0.25, -0.2) is 4.98 Å². The lowest BCUT2D eigenvalue weighted by atomic mass is 9.67. The molecule has 0 radical (unpaired) electrons. The molecule has 2 heterocycles. The lowest BCUT2D eigenvalue weighted by Gasteiger charge is -2.40. The summed E-state index contributed by atoms with van der Waals surface area (Å²) in [6, 6.07) is 75.5. The van der Waals surface area contributed by atoms with Gasteiger partial charge in [-0.05, 0) is 116 Å². The highest BCUT2D eigenvalue weighted by Crippen LogP contribution is 2.62. The fourth-order valence-electron chi connectivity index (χ4n) is 9.20. The van der Waals surface area contributed by atoms with Gasteiger partial charge in [-0.15, -0.1) is 0 Å². The van der Waals surface area contributed by atoms with E-state index in [1.54, 1.807) is 0 Å². The summed E-state index contributed by atoms with van der Waals surface area (Å²) in [6.45, 7) is 2.20. The van der Waals surface area contributed by atoms with Crippen molar-refractivity contribution in [2.24, 2.45) is 0 Å². The highest BCUT2D eigenvalue weighted by atomic mass is 32.2. The second-order valence-electron chi connectivity index (χ2n) is 15.1. The minimum atomic E-state index is -0.385. The Morgan fingerprint density at radius 1 is 0.333 bits per heavy atom. The van der Waals surface area contributed by atoms with Crippen molar-refractivity contribution in [1.82, 2.24) is 4.98 Å². The second kappa shape index (κ2) is 13.5. The van der Waals surface area contributed by atoms with Crippen LogP contribution >= 0.6 is 11.8 Å². The van der Waals surface area contributed by atoms with Crippen LogP contribution in [-0.4, -0.2) is 4.98 Å². The zero-order chi connectivity index (χ0) is 37.9. The Morgan fingerprint density at radius 3 is 1.54 bits per heavy atom. The van der Waals surface area contributed by atoms with Crippen LogP contribution in [0, 0.1) is 6.92 Å². The molecule has 1 spiro atoms. The Kier molecular flexibility index (Phi) is 7.94. The summed E-state index contributed by atoms with van der Waals surface area (Å²) in [5, 5.41) is 0. The second-order valence-corrected chi connectivity index (χ2v) is 16.2. The zero-order valence-corrected chi connectivity index (χ0v) is 32.3. The van der Waals surface area contributed by atoms with Crippen LogP contribution in [0.4, 0.5) is 0 Å². The minimum Gasteiger partial charge on any atom is -0.248 e. The van der Waals surface area contributed by atoms with E-state index in [1.807, 2.05) is 11.8 Å². The number of hydrogen-bond acceptors (Lipinski definition) is 2. The number of rotatable bonds is 5. The van der Waals surface area contributed by atoms with E-state index in [1.165, 1.54) is 76.6 Å². The number of aryl methyl sites for hydroxylation is 1. The number of benzene rings is 8. The van der Waals surface area contributed by atoms with Crippen molar-refractivity contribution in [3.63, 3.8) is 0 Å². The highest BCUT2D eigenvalue weighted by Gasteiger charge is 2.50. The van der Waals surface area contributed by atoms with Crippen LogP contribution in [0.15, 0.2) is 216 Å². The first kappa shape index (κ1) is 33.6. The lowest BCUT2D eigenvalue weighted by molar-refractivity contribution is 0.723. The monoisotopic (exact) mass is 743 g/mol. The molecule has 0 saturated heterocycles. The molecule has 1 aromatic heterocycles. The number of fused-ring (bicyclic) bond motifs is 9. The van der Waals surface area contributed by atoms with E-state index in [0.717, 1.165) is 28.1 Å². The number of pyridine rings is 1. The predicted molar refractivity (Wildman–Crippen MR) is 238 cm³/mol. The maximum Gasteiger partial charge on any atom is 0.0735 e. The fourth-order valence-corrected chi connectivity index (χ4v) is 10.4. The van der Waals surface area contributed by atoms with Crippen molar-refractivity contribution in [3.05, 3.63) is 234 Å². The molecule has 0 amide bonds. The Morgan fingerprint density at radius 2 is 0.842 bits per heavy atom. The molecule has 9 aromatic rings. The largest absolute Gasteiger partial charge is 0.248 e. The van der Waals surface area contributed by atoms with Crippen LogP contribution in [0.2, 0.25) is 0 Å². The van der Waals surface area contributed by atoms with E-state index < -0.39 is 0 Å². The Labute approximate surface area is 338 Å². The van der Waals surface area contributed by atoms with Crippen molar-refractivity contribution in [2.45, 2.75) is 22.1 Å². The number of hydrogen-bond donors (Lipinski definition) is 0. The van der Waals surface area contributed by atoms with Gasteiger partial charge in [0.15, 0.2) is 0 Å². The number of nitrogens with zero attached hydrogens (tertiary/aromatic N) is 1. The smallest absolute Gasteiger partial charge is 0.0735 e. The average molecular weight is 744 g/mol. The van der Waals surface area contributed by atoms with Crippen LogP contribution in [0.1, 0.15) is 27.8 Å². The first-order valence-electron chi connectivity index (χ1n) is 19.6. The molecule has 2 aliphatic rings. The molecule has 0 atom stereocenters. The fraction of sp³-hybridized carbons (Fsp3) is 0.0364. The molecule has 0 fully saturated rings. The van der Waals surface area contributed by atoms with E-state index in [-0.39, 0.29) is 5.41 Å². The molecular weight excluding hydrogens is 707 g/mol. The van der Waals surface area contributed by atoms with E-state index in [4.69, 9.17) is 4.98 Å². The molecule has 8 aromatic carbocycles. The molecule has 2 heteroatoms. The third-order valence-corrected chi connectivity index (χ3v) is 13.1. The normalized spacial score (nSPS) is 13.1. The molecular formula is C55H37NS. The van der Waals surface area contributed by atoms with Crippen molar-refractivity contribution in [3.8, 4) is 67.0 Å². The zero-order valence-electron chi connectivity index (χ0n) is 31.5. The summed E-state index contributed by atoms with van der Waals surface area (Å²) in [5.74, 6) is 0. The summed E-state index contributed by atoms with van der Waals surface area (Å²) in [6.07, 6.45) is 0. The van der Waals surface area contributed by atoms with Gasteiger partial charge in [0.2, 0.25) is 0 Å². The highest BCUT2D eigenvalue weighted by molar-refractivity contribution is 7.99. The molecule has 57 heavy (non-hydrogen) atoms. The maximum absolute atomic E-state index is 5.22. The summed E-state index contributed by atoms with van der Waals surface area (Å²) in [7, 11) is 0. The van der Waals surface area contributed by atoms with Gasteiger partial charge in [0.25, 0.3) is 0 Å². The first-order valence-corrected chi connectivity index (χ1v) is 20.4.